The number of nitrogens with two attached hydrogens (primary N) is 1. The molecule has 35 heavy (non-hydrogen) atoms. The van der Waals surface area contributed by atoms with E-state index in [-0.39, 0.29) is 6.04 Å². The van der Waals surface area contributed by atoms with Crippen LogP contribution < -0.4 is 20.4 Å². The Morgan fingerprint density at radius 2 is 1.80 bits per heavy atom. The summed E-state index contributed by atoms with van der Waals surface area (Å²) in [6.07, 6.45) is 3.91. The van der Waals surface area contributed by atoms with Crippen LogP contribution in [-0.2, 0) is 0 Å². The van der Waals surface area contributed by atoms with Crippen LogP contribution in [0.25, 0.3) is 11.3 Å². The molecule has 4 heterocycles. The second kappa shape index (κ2) is 9.52. The number of hydrogen-bond acceptors (Lipinski definition) is 7. The molecule has 0 saturated carbocycles. The second-order valence-electron chi connectivity index (χ2n) is 9.68. The summed E-state index contributed by atoms with van der Waals surface area (Å²) >= 11 is 0. The summed E-state index contributed by atoms with van der Waals surface area (Å²) < 4.78 is 0. The van der Waals surface area contributed by atoms with Crippen molar-refractivity contribution in [3.8, 4) is 11.3 Å². The number of piperazine rings is 1. The van der Waals surface area contributed by atoms with Crippen molar-refractivity contribution in [3.05, 3.63) is 59.8 Å². The van der Waals surface area contributed by atoms with Gasteiger partial charge in [0.25, 0.3) is 0 Å². The zero-order valence-corrected chi connectivity index (χ0v) is 20.7. The lowest BCUT2D eigenvalue weighted by molar-refractivity contribution is 0.1000. The topological polar surface area (TPSA) is 91.5 Å². The molecule has 2 saturated heterocycles. The minimum atomic E-state index is -0.452. The molecule has 1 unspecified atom stereocenters. The molecule has 1 amide bonds. The number of benzene rings is 1. The molecule has 0 aliphatic carbocycles. The van der Waals surface area contributed by atoms with Crippen LogP contribution in [0.15, 0.2) is 48.7 Å². The fourth-order valence-electron chi connectivity index (χ4n) is 5.21. The number of carbonyl (C=O) groups excluding carboxylic acids is 1. The summed E-state index contributed by atoms with van der Waals surface area (Å²) in [6, 6.07) is 15.0. The van der Waals surface area contributed by atoms with Crippen LogP contribution in [-0.4, -0.2) is 59.1 Å². The van der Waals surface area contributed by atoms with Crippen molar-refractivity contribution in [3.63, 3.8) is 0 Å². The molecule has 2 aliphatic heterocycles. The van der Waals surface area contributed by atoms with Gasteiger partial charge in [-0.05, 0) is 45.2 Å². The van der Waals surface area contributed by atoms with Gasteiger partial charge in [-0.2, -0.15) is 4.98 Å². The van der Waals surface area contributed by atoms with Crippen LogP contribution in [0.5, 0.6) is 0 Å². The molecular weight excluding hydrogens is 438 g/mol. The zero-order valence-electron chi connectivity index (χ0n) is 20.7. The molecule has 2 N–H and O–H groups in total. The number of aromatic nitrogens is 3. The van der Waals surface area contributed by atoms with Gasteiger partial charge < -0.3 is 20.4 Å². The van der Waals surface area contributed by atoms with Crippen molar-refractivity contribution < 1.29 is 4.79 Å². The number of carbonyl (C=O) groups is 1. The maximum Gasteiger partial charge on any atom is 0.250 e. The molecule has 0 bridgehead atoms. The molecule has 0 radical (unpaired) electrons. The van der Waals surface area contributed by atoms with Crippen molar-refractivity contribution in [1.29, 1.82) is 0 Å². The largest absolute Gasteiger partial charge is 0.366 e. The van der Waals surface area contributed by atoms with E-state index < -0.39 is 5.91 Å². The highest BCUT2D eigenvalue weighted by Gasteiger charge is 2.29. The fraction of sp³-hybridized carbons (Fsp3) is 0.407. The summed E-state index contributed by atoms with van der Waals surface area (Å²) in [6.45, 7) is 9.89. The number of nitrogens with zero attached hydrogens (tertiary/aromatic N) is 6. The summed E-state index contributed by atoms with van der Waals surface area (Å²) in [7, 11) is 0. The van der Waals surface area contributed by atoms with Gasteiger partial charge in [-0.25, -0.2) is 9.97 Å². The van der Waals surface area contributed by atoms with Gasteiger partial charge in [0.2, 0.25) is 11.9 Å². The fourth-order valence-corrected chi connectivity index (χ4v) is 5.21. The van der Waals surface area contributed by atoms with Crippen molar-refractivity contribution in [2.45, 2.75) is 45.7 Å². The normalized spacial score (nSPS) is 20.4. The monoisotopic (exact) mass is 471 g/mol. The standard InChI is InChI=1S/C27H33N7O/c1-18-14-22(25(28)35)16-29-26(18)32-12-13-33(20(3)17-32)24-15-23(21-9-5-4-6-10-21)30-27(31-24)34-11-7-8-19(34)2/h4-6,9-10,14-16,19-20H,7-8,11-13,17H2,1-3H3,(H2,28,35)/t19?,20-/m1/s1. The van der Waals surface area contributed by atoms with Gasteiger partial charge in [-0.15, -0.1) is 0 Å². The molecule has 2 fully saturated rings. The van der Waals surface area contributed by atoms with Crippen molar-refractivity contribution in [2.75, 3.05) is 40.9 Å². The maximum absolute atomic E-state index is 11.5. The third-order valence-electron chi connectivity index (χ3n) is 7.14. The summed E-state index contributed by atoms with van der Waals surface area (Å²) in [5.41, 5.74) is 8.88. The highest BCUT2D eigenvalue weighted by Crippen LogP contribution is 2.31. The quantitative estimate of drug-likeness (QED) is 0.607. The molecule has 0 spiro atoms. The van der Waals surface area contributed by atoms with E-state index in [0.29, 0.717) is 11.6 Å². The molecule has 2 aromatic heterocycles. The number of rotatable bonds is 5. The van der Waals surface area contributed by atoms with E-state index in [4.69, 9.17) is 15.7 Å². The number of hydrogen-bond donors (Lipinski definition) is 1. The predicted molar refractivity (Wildman–Crippen MR) is 140 cm³/mol. The first kappa shape index (κ1) is 23.1. The Bertz CT molecular complexity index is 1220. The maximum atomic E-state index is 11.5. The van der Waals surface area contributed by atoms with E-state index in [2.05, 4.69) is 63.9 Å². The van der Waals surface area contributed by atoms with Gasteiger partial charge in [-0.3, -0.25) is 4.79 Å². The number of amides is 1. The minimum absolute atomic E-state index is 0.225. The molecule has 3 aromatic rings. The van der Waals surface area contributed by atoms with Gasteiger partial charge in [0, 0.05) is 56.1 Å². The first-order chi connectivity index (χ1) is 16.9. The highest BCUT2D eigenvalue weighted by molar-refractivity contribution is 5.93. The Hall–Kier alpha value is -3.68. The molecule has 8 nitrogen and oxygen atoms in total. The first-order valence-corrected chi connectivity index (χ1v) is 12.4. The average Bonchev–Trinajstić information content (AvgIpc) is 3.30. The Morgan fingerprint density at radius 3 is 2.46 bits per heavy atom. The molecular formula is C27H33N7O. The van der Waals surface area contributed by atoms with Gasteiger partial charge in [0.15, 0.2) is 0 Å². The van der Waals surface area contributed by atoms with E-state index in [1.807, 2.05) is 19.1 Å². The van der Waals surface area contributed by atoms with Crippen LogP contribution in [0, 0.1) is 6.92 Å². The summed E-state index contributed by atoms with van der Waals surface area (Å²) in [4.78, 5) is 33.1. The van der Waals surface area contributed by atoms with Crippen LogP contribution >= 0.6 is 0 Å². The van der Waals surface area contributed by atoms with Crippen molar-refractivity contribution in [2.24, 2.45) is 5.73 Å². The predicted octanol–water partition coefficient (Wildman–Crippen LogP) is 3.65. The van der Waals surface area contributed by atoms with Crippen molar-refractivity contribution >= 4 is 23.5 Å². The zero-order chi connectivity index (χ0) is 24.5. The molecule has 5 rings (SSSR count). The van der Waals surface area contributed by atoms with Crippen LogP contribution in [0.1, 0.15) is 42.6 Å². The van der Waals surface area contributed by atoms with Crippen LogP contribution in [0.3, 0.4) is 0 Å². The lowest BCUT2D eigenvalue weighted by atomic mass is 10.1. The summed E-state index contributed by atoms with van der Waals surface area (Å²) in [5, 5.41) is 0. The van der Waals surface area contributed by atoms with E-state index in [1.165, 1.54) is 12.8 Å². The lowest BCUT2D eigenvalue weighted by Crippen LogP contribution is -2.53. The highest BCUT2D eigenvalue weighted by atomic mass is 16.1. The van der Waals surface area contributed by atoms with E-state index in [0.717, 1.165) is 60.6 Å². The average molecular weight is 472 g/mol. The second-order valence-corrected chi connectivity index (χ2v) is 9.68. The number of pyridine rings is 1. The van der Waals surface area contributed by atoms with Gasteiger partial charge in [0.1, 0.15) is 11.6 Å². The van der Waals surface area contributed by atoms with Gasteiger partial charge in [0.05, 0.1) is 11.3 Å². The Morgan fingerprint density at radius 1 is 1.00 bits per heavy atom. The van der Waals surface area contributed by atoms with Gasteiger partial charge in [-0.1, -0.05) is 30.3 Å². The minimum Gasteiger partial charge on any atom is -0.366 e. The van der Waals surface area contributed by atoms with Crippen LogP contribution in [0.4, 0.5) is 17.6 Å². The number of primary amides is 1. The SMILES string of the molecule is Cc1cc(C(N)=O)cnc1N1CCN(c2cc(-c3ccccc3)nc(N3CCCC3C)n2)[C@H](C)C1. The number of aryl methyl sites for hydroxylation is 1. The smallest absolute Gasteiger partial charge is 0.250 e. The molecule has 8 heteroatoms. The van der Waals surface area contributed by atoms with E-state index in [1.54, 1.807) is 6.20 Å². The van der Waals surface area contributed by atoms with E-state index >= 15 is 0 Å². The third-order valence-corrected chi connectivity index (χ3v) is 7.14. The lowest BCUT2D eigenvalue weighted by Gasteiger charge is -2.41. The van der Waals surface area contributed by atoms with Crippen molar-refractivity contribution in [1.82, 2.24) is 15.0 Å². The molecule has 2 atom stereocenters. The molecule has 2 aliphatic rings. The summed E-state index contributed by atoms with van der Waals surface area (Å²) in [5.74, 6) is 2.24. The van der Waals surface area contributed by atoms with Crippen LogP contribution in [0.2, 0.25) is 0 Å². The Balaban J connectivity index is 1.43. The third kappa shape index (κ3) is 4.65. The molecule has 182 valence electrons. The van der Waals surface area contributed by atoms with E-state index in [9.17, 15) is 4.79 Å². The number of anilines is 3. The molecule has 1 aromatic carbocycles. The Labute approximate surface area is 206 Å². The van der Waals surface area contributed by atoms with Gasteiger partial charge >= 0.3 is 0 Å². The Kier molecular flexibility index (Phi) is 6.28. The first-order valence-electron chi connectivity index (χ1n) is 12.4.